The molecule has 0 aromatic heterocycles. The van der Waals surface area contributed by atoms with Gasteiger partial charge in [-0.3, -0.25) is 0 Å². The number of hydrogen-bond acceptors (Lipinski definition) is 4. The van der Waals surface area contributed by atoms with E-state index in [0.717, 1.165) is 6.26 Å². The highest BCUT2D eigenvalue weighted by Crippen LogP contribution is 2.31. The molecule has 1 heterocycles. The lowest BCUT2D eigenvalue weighted by Crippen LogP contribution is -2.18. The van der Waals surface area contributed by atoms with Gasteiger partial charge in [0.2, 0.25) is 0 Å². The fourth-order valence-corrected chi connectivity index (χ4v) is 2.66. The van der Waals surface area contributed by atoms with Crippen LogP contribution in [-0.2, 0) is 14.4 Å². The van der Waals surface area contributed by atoms with E-state index in [1.165, 1.54) is 10.7 Å². The first-order valence-electron chi connectivity index (χ1n) is 3.34. The van der Waals surface area contributed by atoms with Crippen LogP contribution in [0.3, 0.4) is 0 Å². The molecule has 0 saturated heterocycles. The zero-order valence-electron chi connectivity index (χ0n) is 7.21. The first kappa shape index (κ1) is 10.4. The highest BCUT2D eigenvalue weighted by atomic mass is 32.2. The average molecular weight is 221 g/mol. The third kappa shape index (κ3) is 2.91. The number of hydroxylamine groups is 1. The summed E-state index contributed by atoms with van der Waals surface area (Å²) in [6.45, 7) is 0. The van der Waals surface area contributed by atoms with Gasteiger partial charge in [-0.1, -0.05) is 27.2 Å². The van der Waals surface area contributed by atoms with Crippen molar-refractivity contribution in [1.29, 1.82) is 0 Å². The average Bonchev–Trinajstić information content (AvgIpc) is 1.91. The quantitative estimate of drug-likeness (QED) is 0.647. The summed E-state index contributed by atoms with van der Waals surface area (Å²) < 4.78 is 27.5. The van der Waals surface area contributed by atoms with Gasteiger partial charge in [-0.25, -0.2) is 0 Å². The predicted molar refractivity (Wildman–Crippen MR) is 57.9 cm³/mol. The van der Waals surface area contributed by atoms with Crippen LogP contribution in [0.15, 0.2) is 23.8 Å². The van der Waals surface area contributed by atoms with Crippen LogP contribution >= 0.6 is 9.39 Å². The second kappa shape index (κ2) is 3.21. The van der Waals surface area contributed by atoms with Gasteiger partial charge in [0.15, 0.2) is 0 Å². The molecule has 0 spiro atoms. The van der Waals surface area contributed by atoms with Crippen molar-refractivity contribution in [2.75, 3.05) is 6.26 Å². The van der Waals surface area contributed by atoms with Crippen LogP contribution in [0.2, 0.25) is 0 Å². The largest absolute Gasteiger partial charge is 0.285 e. The van der Waals surface area contributed by atoms with Gasteiger partial charge < -0.3 is 0 Å². The van der Waals surface area contributed by atoms with E-state index in [2.05, 4.69) is 16.0 Å². The summed E-state index contributed by atoms with van der Waals surface area (Å²) in [6.07, 6.45) is 5.90. The number of nitrogens with zero attached hydrogens (tertiary/aromatic N) is 1. The minimum atomic E-state index is -3.51. The summed E-state index contributed by atoms with van der Waals surface area (Å²) in [6, 6.07) is 0. The predicted octanol–water partition coefficient (Wildman–Crippen LogP) is 0.804. The molecule has 6 heteroatoms. The fraction of sp³-hybridized carbons (Fsp3) is 0.143. The SMILES string of the molecule is C=S1(=C)C=CC=CN1OS(C)(=O)=O. The zero-order valence-corrected chi connectivity index (χ0v) is 8.85. The summed E-state index contributed by atoms with van der Waals surface area (Å²) in [4.78, 5) is 0. The monoisotopic (exact) mass is 221 g/mol. The van der Waals surface area contributed by atoms with Gasteiger partial charge in [0, 0.05) is 6.20 Å². The van der Waals surface area contributed by atoms with Crippen molar-refractivity contribution in [1.82, 2.24) is 4.47 Å². The summed E-state index contributed by atoms with van der Waals surface area (Å²) >= 11 is 0. The van der Waals surface area contributed by atoms with E-state index in [-0.39, 0.29) is 0 Å². The number of rotatable bonds is 2. The highest BCUT2D eigenvalue weighted by molar-refractivity contribution is 8.28. The maximum absolute atomic E-state index is 10.8. The van der Waals surface area contributed by atoms with Gasteiger partial charge in [-0.15, -0.1) is 4.28 Å². The van der Waals surface area contributed by atoms with Gasteiger partial charge >= 0.3 is 0 Å². The van der Waals surface area contributed by atoms with Gasteiger partial charge in [-0.05, 0) is 11.5 Å². The second-order valence-corrected chi connectivity index (χ2v) is 6.63. The van der Waals surface area contributed by atoms with Gasteiger partial charge in [-0.2, -0.15) is 12.9 Å². The van der Waals surface area contributed by atoms with Crippen LogP contribution in [0.5, 0.6) is 0 Å². The molecule has 0 atom stereocenters. The molecule has 0 unspecified atom stereocenters. The standard InChI is InChI=1S/C7H11NO3S2/c1-12(2)7-5-4-6-8(12)11-13(3,9)10/h4-7H,1-2H2,3H3. The Kier molecular flexibility index (Phi) is 2.56. The molecule has 0 fully saturated rings. The smallest absolute Gasteiger partial charge is 0.198 e. The first-order valence-corrected chi connectivity index (χ1v) is 7.15. The molecule has 1 aliphatic heterocycles. The fourth-order valence-electron chi connectivity index (χ4n) is 0.712. The van der Waals surface area contributed by atoms with Crippen molar-refractivity contribution in [3.8, 4) is 0 Å². The summed E-state index contributed by atoms with van der Waals surface area (Å²) in [7, 11) is -5.31. The molecule has 0 aromatic rings. The molecule has 13 heavy (non-hydrogen) atoms. The normalized spacial score (nSPS) is 20.5. The van der Waals surface area contributed by atoms with Crippen LogP contribution in [0.25, 0.3) is 0 Å². The minimum absolute atomic E-state index is 0.981. The zero-order chi connectivity index (χ0) is 10.1. The number of allylic oxidation sites excluding steroid dienone is 2. The topological polar surface area (TPSA) is 46.6 Å². The molecule has 0 aromatic carbocycles. The molecule has 0 bridgehead atoms. The lowest BCUT2D eigenvalue weighted by atomic mass is 10.6. The van der Waals surface area contributed by atoms with Crippen LogP contribution in [0.1, 0.15) is 0 Å². The van der Waals surface area contributed by atoms with Crippen LogP contribution in [0, 0.1) is 0 Å². The maximum Gasteiger partial charge on any atom is 0.285 e. The third-order valence-corrected chi connectivity index (χ3v) is 3.32. The van der Waals surface area contributed by atoms with E-state index in [1.807, 2.05) is 0 Å². The van der Waals surface area contributed by atoms with E-state index in [4.69, 9.17) is 0 Å². The van der Waals surface area contributed by atoms with Crippen molar-refractivity contribution in [3.63, 3.8) is 0 Å². The van der Waals surface area contributed by atoms with E-state index in [9.17, 15) is 8.42 Å². The second-order valence-electron chi connectivity index (χ2n) is 2.64. The van der Waals surface area contributed by atoms with Gasteiger partial charge in [0.1, 0.15) is 0 Å². The van der Waals surface area contributed by atoms with Crippen molar-refractivity contribution in [2.45, 2.75) is 0 Å². The molecule has 74 valence electrons. The summed E-state index contributed by atoms with van der Waals surface area (Å²) in [5, 5.41) is 1.72. The molecule has 0 radical (unpaired) electrons. The van der Waals surface area contributed by atoms with Crippen molar-refractivity contribution >= 4 is 31.3 Å². The highest BCUT2D eigenvalue weighted by Gasteiger charge is 2.13. The number of hydrogen-bond donors (Lipinski definition) is 0. The molecule has 4 nitrogen and oxygen atoms in total. The molecule has 0 N–H and O–H groups in total. The Bertz CT molecular complexity index is 442. The molecular formula is C7H11NO3S2. The molecule has 0 amide bonds. The molecule has 1 rings (SSSR count). The molecule has 1 aliphatic rings. The Morgan fingerprint density at radius 3 is 2.46 bits per heavy atom. The first-order chi connectivity index (χ1) is 5.81. The van der Waals surface area contributed by atoms with E-state index < -0.39 is 19.5 Å². The minimum Gasteiger partial charge on any atom is -0.198 e. The van der Waals surface area contributed by atoms with Crippen LogP contribution < -0.4 is 0 Å². The van der Waals surface area contributed by atoms with Crippen LogP contribution in [-0.4, -0.2) is 30.9 Å². The lowest BCUT2D eigenvalue weighted by molar-refractivity contribution is 0.114. The Hall–Kier alpha value is -0.720. The molecule has 0 saturated carbocycles. The van der Waals surface area contributed by atoms with Crippen LogP contribution in [0.4, 0.5) is 0 Å². The van der Waals surface area contributed by atoms with E-state index >= 15 is 0 Å². The molecule has 0 aliphatic carbocycles. The van der Waals surface area contributed by atoms with Crippen molar-refractivity contribution in [3.05, 3.63) is 23.8 Å². The summed E-state index contributed by atoms with van der Waals surface area (Å²) in [5.74, 6) is 7.53. The van der Waals surface area contributed by atoms with Gasteiger partial charge in [0.25, 0.3) is 10.1 Å². The van der Waals surface area contributed by atoms with Gasteiger partial charge in [0.05, 0.1) is 6.26 Å². The Morgan fingerprint density at radius 2 is 2.00 bits per heavy atom. The third-order valence-electron chi connectivity index (χ3n) is 1.22. The van der Waals surface area contributed by atoms with Crippen molar-refractivity contribution in [2.24, 2.45) is 0 Å². The molecular weight excluding hydrogens is 210 g/mol. The summed E-state index contributed by atoms with van der Waals surface area (Å²) in [5.41, 5.74) is 0. The Balaban J connectivity index is 2.96. The van der Waals surface area contributed by atoms with Crippen molar-refractivity contribution < 1.29 is 12.7 Å². The maximum atomic E-state index is 10.8. The van der Waals surface area contributed by atoms with E-state index in [0.29, 0.717) is 0 Å². The van der Waals surface area contributed by atoms with E-state index in [1.54, 1.807) is 17.6 Å². The lowest BCUT2D eigenvalue weighted by Gasteiger charge is -2.25. The Morgan fingerprint density at radius 1 is 1.38 bits per heavy atom. The Labute approximate surface area is 78.8 Å².